The Hall–Kier alpha value is -2.65. The van der Waals surface area contributed by atoms with Gasteiger partial charge < -0.3 is 14.6 Å². The SMILES string of the molecule is CCn1c(Cc2ccccc2)nnc1SCC(=O)Nc1sc(C)c(C)c1C(=O)OC. The largest absolute Gasteiger partial charge is 0.465 e. The number of hydrogen-bond donors (Lipinski definition) is 1. The van der Waals surface area contributed by atoms with Gasteiger partial charge in [-0.2, -0.15) is 0 Å². The first-order chi connectivity index (χ1) is 14.4. The maximum Gasteiger partial charge on any atom is 0.341 e. The van der Waals surface area contributed by atoms with Crippen LogP contribution in [-0.4, -0.2) is 39.5 Å². The van der Waals surface area contributed by atoms with Gasteiger partial charge >= 0.3 is 5.97 Å². The Kier molecular flexibility index (Phi) is 7.28. The number of carbonyl (C=O) groups excluding carboxylic acids is 2. The fourth-order valence-electron chi connectivity index (χ4n) is 3.01. The average Bonchev–Trinajstić information content (AvgIpc) is 3.26. The third-order valence-electron chi connectivity index (χ3n) is 4.67. The zero-order valence-corrected chi connectivity index (χ0v) is 19.0. The number of benzene rings is 1. The van der Waals surface area contributed by atoms with Crippen LogP contribution in [0.3, 0.4) is 0 Å². The molecule has 0 aliphatic heterocycles. The molecule has 0 saturated carbocycles. The number of hydrogen-bond acceptors (Lipinski definition) is 7. The molecule has 30 heavy (non-hydrogen) atoms. The summed E-state index contributed by atoms with van der Waals surface area (Å²) in [5.74, 6) is 0.377. The Labute approximate surface area is 183 Å². The number of carbonyl (C=O) groups is 2. The number of nitrogens with one attached hydrogen (secondary N) is 1. The van der Waals surface area contributed by atoms with E-state index in [9.17, 15) is 9.59 Å². The summed E-state index contributed by atoms with van der Waals surface area (Å²) < 4.78 is 6.87. The summed E-state index contributed by atoms with van der Waals surface area (Å²) in [5, 5.41) is 12.6. The molecule has 0 aliphatic carbocycles. The quantitative estimate of drug-likeness (QED) is 0.416. The van der Waals surface area contributed by atoms with E-state index >= 15 is 0 Å². The molecule has 9 heteroatoms. The van der Waals surface area contributed by atoms with Crippen molar-refractivity contribution < 1.29 is 14.3 Å². The second-order valence-corrected chi connectivity index (χ2v) is 8.79. The smallest absolute Gasteiger partial charge is 0.341 e. The van der Waals surface area contributed by atoms with Crippen LogP contribution in [0.2, 0.25) is 0 Å². The van der Waals surface area contributed by atoms with Crippen LogP contribution in [0, 0.1) is 13.8 Å². The molecule has 0 spiro atoms. The van der Waals surface area contributed by atoms with Crippen LogP contribution in [0.4, 0.5) is 5.00 Å². The number of anilines is 1. The van der Waals surface area contributed by atoms with Crippen molar-refractivity contribution in [1.29, 1.82) is 0 Å². The van der Waals surface area contributed by atoms with Crippen molar-refractivity contribution >= 4 is 40.0 Å². The van der Waals surface area contributed by atoms with Crippen LogP contribution in [0.15, 0.2) is 35.5 Å². The van der Waals surface area contributed by atoms with Gasteiger partial charge in [0.1, 0.15) is 10.8 Å². The summed E-state index contributed by atoms with van der Waals surface area (Å²) in [6, 6.07) is 10.1. The first-order valence-corrected chi connectivity index (χ1v) is 11.3. The summed E-state index contributed by atoms with van der Waals surface area (Å²) in [4.78, 5) is 25.6. The van der Waals surface area contributed by atoms with Gasteiger partial charge in [0.25, 0.3) is 0 Å². The van der Waals surface area contributed by atoms with Crippen molar-refractivity contribution in [2.45, 2.75) is 38.9 Å². The highest BCUT2D eigenvalue weighted by atomic mass is 32.2. The molecule has 158 valence electrons. The minimum absolute atomic E-state index is 0.167. The van der Waals surface area contributed by atoms with Gasteiger partial charge in [0, 0.05) is 17.8 Å². The maximum atomic E-state index is 12.5. The molecule has 0 unspecified atom stereocenters. The molecule has 0 bridgehead atoms. The lowest BCUT2D eigenvalue weighted by Gasteiger charge is -2.08. The number of nitrogens with zero attached hydrogens (tertiary/aromatic N) is 3. The van der Waals surface area contributed by atoms with Crippen molar-refractivity contribution in [2.75, 3.05) is 18.2 Å². The van der Waals surface area contributed by atoms with Gasteiger partial charge in [0.15, 0.2) is 5.16 Å². The van der Waals surface area contributed by atoms with E-state index in [4.69, 9.17) is 4.74 Å². The van der Waals surface area contributed by atoms with Crippen LogP contribution in [0.5, 0.6) is 0 Å². The molecule has 1 aromatic carbocycles. The van der Waals surface area contributed by atoms with Crippen LogP contribution >= 0.6 is 23.1 Å². The highest BCUT2D eigenvalue weighted by Crippen LogP contribution is 2.33. The van der Waals surface area contributed by atoms with Gasteiger partial charge in [0.05, 0.1) is 18.4 Å². The fourth-order valence-corrected chi connectivity index (χ4v) is 4.89. The van der Waals surface area contributed by atoms with Crippen molar-refractivity contribution in [3.05, 3.63) is 57.7 Å². The Balaban J connectivity index is 1.67. The van der Waals surface area contributed by atoms with Crippen LogP contribution < -0.4 is 5.32 Å². The standard InChI is InChI=1S/C21H24N4O3S2/c1-5-25-16(11-15-9-7-6-8-10-15)23-24-21(25)29-12-17(26)22-19-18(20(27)28-4)13(2)14(3)30-19/h6-10H,5,11-12H2,1-4H3,(H,22,26). The lowest BCUT2D eigenvalue weighted by molar-refractivity contribution is -0.113. The molecular weight excluding hydrogens is 420 g/mol. The van der Waals surface area contributed by atoms with Crippen molar-refractivity contribution in [2.24, 2.45) is 0 Å². The van der Waals surface area contributed by atoms with E-state index < -0.39 is 5.97 Å². The number of aromatic nitrogens is 3. The average molecular weight is 445 g/mol. The summed E-state index contributed by atoms with van der Waals surface area (Å²) in [6.45, 7) is 6.51. The Morgan fingerprint density at radius 2 is 1.93 bits per heavy atom. The van der Waals surface area contributed by atoms with E-state index in [2.05, 4.69) is 27.6 Å². The van der Waals surface area contributed by atoms with Gasteiger partial charge in [-0.15, -0.1) is 21.5 Å². The fraction of sp³-hybridized carbons (Fsp3) is 0.333. The summed E-state index contributed by atoms with van der Waals surface area (Å²) in [7, 11) is 1.33. The minimum atomic E-state index is -0.448. The first kappa shape index (κ1) is 22.0. The zero-order valence-electron chi connectivity index (χ0n) is 17.4. The second-order valence-electron chi connectivity index (χ2n) is 6.62. The molecule has 1 amide bonds. The molecule has 0 saturated heterocycles. The number of rotatable bonds is 8. The summed E-state index contributed by atoms with van der Waals surface area (Å²) in [6.07, 6.45) is 0.685. The monoisotopic (exact) mass is 444 g/mol. The van der Waals surface area contributed by atoms with E-state index in [0.717, 1.165) is 28.4 Å². The van der Waals surface area contributed by atoms with E-state index in [1.165, 1.54) is 30.2 Å². The van der Waals surface area contributed by atoms with Gasteiger partial charge in [-0.1, -0.05) is 42.1 Å². The molecule has 0 aliphatic rings. The molecule has 0 fully saturated rings. The first-order valence-electron chi connectivity index (χ1n) is 9.51. The van der Waals surface area contributed by atoms with Crippen molar-refractivity contribution in [3.63, 3.8) is 0 Å². The number of aryl methyl sites for hydroxylation is 1. The topological polar surface area (TPSA) is 86.1 Å². The lowest BCUT2D eigenvalue weighted by atomic mass is 10.1. The number of esters is 1. The number of thioether (sulfide) groups is 1. The molecular formula is C21H24N4O3S2. The molecule has 3 aromatic rings. The van der Waals surface area contributed by atoms with Gasteiger partial charge in [0.2, 0.25) is 5.91 Å². The highest BCUT2D eigenvalue weighted by molar-refractivity contribution is 7.99. The third kappa shape index (κ3) is 4.91. The number of methoxy groups -OCH3 is 1. The lowest BCUT2D eigenvalue weighted by Crippen LogP contribution is -2.16. The molecule has 2 aromatic heterocycles. The van der Waals surface area contributed by atoms with Crippen molar-refractivity contribution in [1.82, 2.24) is 14.8 Å². The highest BCUT2D eigenvalue weighted by Gasteiger charge is 2.22. The Morgan fingerprint density at radius 3 is 2.60 bits per heavy atom. The van der Waals surface area contributed by atoms with E-state index in [1.807, 2.05) is 43.5 Å². The molecule has 1 N–H and O–H groups in total. The molecule has 3 rings (SSSR count). The Bertz CT molecular complexity index is 1040. The van der Waals surface area contributed by atoms with Gasteiger partial charge in [-0.25, -0.2) is 4.79 Å². The number of ether oxygens (including phenoxy) is 1. The van der Waals surface area contributed by atoms with Crippen LogP contribution in [0.25, 0.3) is 0 Å². The van der Waals surface area contributed by atoms with E-state index in [0.29, 0.717) is 22.1 Å². The number of amides is 1. The predicted molar refractivity (Wildman–Crippen MR) is 119 cm³/mol. The van der Waals surface area contributed by atoms with Crippen LogP contribution in [0.1, 0.15) is 39.1 Å². The van der Waals surface area contributed by atoms with Gasteiger partial charge in [-0.05, 0) is 31.9 Å². The van der Waals surface area contributed by atoms with E-state index in [-0.39, 0.29) is 11.7 Å². The molecule has 7 nitrogen and oxygen atoms in total. The number of thiophene rings is 1. The minimum Gasteiger partial charge on any atom is -0.465 e. The summed E-state index contributed by atoms with van der Waals surface area (Å²) >= 11 is 2.70. The maximum absolute atomic E-state index is 12.5. The van der Waals surface area contributed by atoms with E-state index in [1.54, 1.807) is 0 Å². The van der Waals surface area contributed by atoms with Gasteiger partial charge in [-0.3, -0.25) is 4.79 Å². The normalized spacial score (nSPS) is 10.8. The predicted octanol–water partition coefficient (Wildman–Crippen LogP) is 4.08. The van der Waals surface area contributed by atoms with Crippen LogP contribution in [-0.2, 0) is 22.5 Å². The third-order valence-corrected chi connectivity index (χ3v) is 6.76. The van der Waals surface area contributed by atoms with Crippen molar-refractivity contribution in [3.8, 4) is 0 Å². The molecule has 0 atom stereocenters. The Morgan fingerprint density at radius 1 is 1.20 bits per heavy atom. The molecule has 2 heterocycles. The molecule has 0 radical (unpaired) electrons. The second kappa shape index (κ2) is 9.90. The zero-order chi connectivity index (χ0) is 21.7. The summed E-state index contributed by atoms with van der Waals surface area (Å²) in [5.41, 5.74) is 2.40.